The average Bonchev–Trinajstić information content (AvgIpc) is 3.02. The summed E-state index contributed by atoms with van der Waals surface area (Å²) in [7, 11) is 0. The van der Waals surface area contributed by atoms with Gasteiger partial charge in [0.2, 0.25) is 0 Å². The molecule has 1 heterocycles. The number of hydrogen-bond donors (Lipinski definition) is 1. The molecule has 1 saturated carbocycles. The van der Waals surface area contributed by atoms with Gasteiger partial charge in [0, 0.05) is 5.56 Å². The second kappa shape index (κ2) is 4.32. The Balaban J connectivity index is 1.94. The van der Waals surface area contributed by atoms with E-state index in [9.17, 15) is 0 Å². The first kappa shape index (κ1) is 10.5. The van der Waals surface area contributed by atoms with Crippen LogP contribution in [0.4, 0.5) is 0 Å². The summed E-state index contributed by atoms with van der Waals surface area (Å²) in [4.78, 5) is 4.21. The topological polar surface area (TPSA) is 41.6 Å². The Bertz CT molecular complexity index is 496. The smallest absolute Gasteiger partial charge is 0.155 e. The summed E-state index contributed by atoms with van der Waals surface area (Å²) in [5.74, 6) is 1.64. The highest BCUT2D eigenvalue weighted by molar-refractivity contribution is 5.60. The van der Waals surface area contributed by atoms with E-state index in [-0.39, 0.29) is 0 Å². The zero-order valence-corrected chi connectivity index (χ0v) is 10.1. The molecule has 0 amide bonds. The van der Waals surface area contributed by atoms with Crippen LogP contribution in [0.1, 0.15) is 42.7 Å². The highest BCUT2D eigenvalue weighted by Gasteiger charge is 2.17. The van der Waals surface area contributed by atoms with Crippen LogP contribution >= 0.6 is 0 Å². The van der Waals surface area contributed by atoms with Crippen molar-refractivity contribution >= 4 is 0 Å². The summed E-state index contributed by atoms with van der Waals surface area (Å²) in [5.41, 5.74) is 3.93. The van der Waals surface area contributed by atoms with E-state index < -0.39 is 0 Å². The fraction of sp³-hybridized carbons (Fsp3) is 0.429. The molecular formula is C14H17N3. The van der Waals surface area contributed by atoms with Crippen LogP contribution in [-0.4, -0.2) is 15.2 Å². The summed E-state index contributed by atoms with van der Waals surface area (Å²) < 4.78 is 0. The Hall–Kier alpha value is -1.64. The van der Waals surface area contributed by atoms with E-state index in [4.69, 9.17) is 0 Å². The number of nitrogens with zero attached hydrogens (tertiary/aromatic N) is 2. The summed E-state index contributed by atoms with van der Waals surface area (Å²) in [6.07, 6.45) is 7.02. The molecule has 0 aliphatic heterocycles. The molecule has 2 aromatic rings. The van der Waals surface area contributed by atoms with Crippen molar-refractivity contribution in [2.24, 2.45) is 0 Å². The standard InChI is InChI=1S/C14H17N3/c1-10-8-12(11-4-2-3-5-11)6-7-13(10)14-15-9-16-17-14/h6-9,11H,2-5H2,1H3,(H,15,16,17). The molecule has 3 nitrogen and oxygen atoms in total. The van der Waals surface area contributed by atoms with Gasteiger partial charge in [-0.1, -0.05) is 31.0 Å². The molecule has 1 fully saturated rings. The monoisotopic (exact) mass is 227 g/mol. The predicted octanol–water partition coefficient (Wildman–Crippen LogP) is 3.44. The van der Waals surface area contributed by atoms with Crippen molar-refractivity contribution in [1.82, 2.24) is 15.2 Å². The number of hydrogen-bond acceptors (Lipinski definition) is 2. The fourth-order valence-electron chi connectivity index (χ4n) is 2.80. The van der Waals surface area contributed by atoms with Gasteiger partial charge in [0.05, 0.1) is 0 Å². The molecule has 0 radical (unpaired) electrons. The lowest BCUT2D eigenvalue weighted by molar-refractivity contribution is 0.722. The Morgan fingerprint density at radius 2 is 2.06 bits per heavy atom. The van der Waals surface area contributed by atoms with Gasteiger partial charge in [0.1, 0.15) is 6.33 Å². The van der Waals surface area contributed by atoms with Gasteiger partial charge in [-0.3, -0.25) is 5.10 Å². The number of nitrogens with one attached hydrogen (secondary N) is 1. The summed E-state index contributed by atoms with van der Waals surface area (Å²) in [6.45, 7) is 2.15. The van der Waals surface area contributed by atoms with Gasteiger partial charge in [0.15, 0.2) is 5.82 Å². The van der Waals surface area contributed by atoms with Crippen LogP contribution in [-0.2, 0) is 0 Å². The molecule has 1 aliphatic rings. The van der Waals surface area contributed by atoms with E-state index in [0.717, 1.165) is 17.3 Å². The predicted molar refractivity (Wildman–Crippen MR) is 67.8 cm³/mol. The molecule has 0 unspecified atom stereocenters. The highest BCUT2D eigenvalue weighted by atomic mass is 15.2. The minimum absolute atomic E-state index is 0.775. The van der Waals surface area contributed by atoms with Gasteiger partial charge < -0.3 is 0 Å². The first-order valence-electron chi connectivity index (χ1n) is 6.31. The van der Waals surface area contributed by atoms with Crippen LogP contribution in [0.3, 0.4) is 0 Å². The molecule has 1 N–H and O–H groups in total. The van der Waals surface area contributed by atoms with E-state index >= 15 is 0 Å². The first-order chi connectivity index (χ1) is 8.34. The quantitative estimate of drug-likeness (QED) is 0.853. The van der Waals surface area contributed by atoms with Gasteiger partial charge in [-0.05, 0) is 36.8 Å². The molecule has 1 aliphatic carbocycles. The van der Waals surface area contributed by atoms with Crippen molar-refractivity contribution in [1.29, 1.82) is 0 Å². The molecule has 88 valence electrons. The first-order valence-corrected chi connectivity index (χ1v) is 6.31. The number of H-pyrrole nitrogens is 1. The number of aromatic nitrogens is 3. The molecular weight excluding hydrogens is 210 g/mol. The zero-order chi connectivity index (χ0) is 11.7. The maximum atomic E-state index is 4.21. The highest BCUT2D eigenvalue weighted by Crippen LogP contribution is 2.35. The van der Waals surface area contributed by atoms with Crippen molar-refractivity contribution < 1.29 is 0 Å². The molecule has 3 heteroatoms. The molecule has 0 saturated heterocycles. The Kier molecular flexibility index (Phi) is 2.67. The van der Waals surface area contributed by atoms with E-state index in [1.165, 1.54) is 36.8 Å². The summed E-state index contributed by atoms with van der Waals surface area (Å²) in [5, 5.41) is 6.83. The van der Waals surface area contributed by atoms with E-state index in [0.29, 0.717) is 0 Å². The number of rotatable bonds is 2. The van der Waals surface area contributed by atoms with Gasteiger partial charge in [-0.15, -0.1) is 0 Å². The third kappa shape index (κ3) is 1.97. The van der Waals surface area contributed by atoms with Crippen molar-refractivity contribution in [3.8, 4) is 11.4 Å². The van der Waals surface area contributed by atoms with E-state index in [1.54, 1.807) is 6.33 Å². The second-order valence-electron chi connectivity index (χ2n) is 4.89. The maximum absolute atomic E-state index is 4.21. The van der Waals surface area contributed by atoms with Crippen LogP contribution < -0.4 is 0 Å². The normalized spacial score (nSPS) is 16.5. The fourth-order valence-corrected chi connectivity index (χ4v) is 2.80. The number of benzene rings is 1. The van der Waals surface area contributed by atoms with Gasteiger partial charge >= 0.3 is 0 Å². The van der Waals surface area contributed by atoms with Crippen LogP contribution in [0, 0.1) is 6.92 Å². The van der Waals surface area contributed by atoms with E-state index in [2.05, 4.69) is 40.3 Å². The summed E-state index contributed by atoms with van der Waals surface area (Å²) in [6, 6.07) is 6.73. The molecule has 1 aromatic carbocycles. The van der Waals surface area contributed by atoms with Crippen molar-refractivity contribution in [3.05, 3.63) is 35.7 Å². The number of aromatic amines is 1. The van der Waals surface area contributed by atoms with Crippen molar-refractivity contribution in [2.45, 2.75) is 38.5 Å². The third-order valence-electron chi connectivity index (χ3n) is 3.75. The lowest BCUT2D eigenvalue weighted by Gasteiger charge is -2.12. The lowest BCUT2D eigenvalue weighted by atomic mass is 9.94. The van der Waals surface area contributed by atoms with Crippen molar-refractivity contribution in [3.63, 3.8) is 0 Å². The molecule has 0 bridgehead atoms. The van der Waals surface area contributed by atoms with Crippen LogP contribution in [0.25, 0.3) is 11.4 Å². The van der Waals surface area contributed by atoms with Gasteiger partial charge in [0.25, 0.3) is 0 Å². The largest absolute Gasteiger partial charge is 0.259 e. The molecule has 1 aromatic heterocycles. The molecule has 0 atom stereocenters. The molecule has 0 spiro atoms. The lowest BCUT2D eigenvalue weighted by Crippen LogP contribution is -1.94. The van der Waals surface area contributed by atoms with E-state index in [1.807, 2.05) is 0 Å². The third-order valence-corrected chi connectivity index (χ3v) is 3.75. The van der Waals surface area contributed by atoms with Crippen LogP contribution in [0.2, 0.25) is 0 Å². The average molecular weight is 227 g/mol. The molecule has 3 rings (SSSR count). The minimum atomic E-state index is 0.775. The maximum Gasteiger partial charge on any atom is 0.155 e. The number of aryl methyl sites for hydroxylation is 1. The Morgan fingerprint density at radius 3 is 2.71 bits per heavy atom. The van der Waals surface area contributed by atoms with Gasteiger partial charge in [-0.25, -0.2) is 4.98 Å². The zero-order valence-electron chi connectivity index (χ0n) is 10.1. The van der Waals surface area contributed by atoms with Gasteiger partial charge in [-0.2, -0.15) is 5.10 Å². The van der Waals surface area contributed by atoms with Crippen molar-refractivity contribution in [2.75, 3.05) is 0 Å². The van der Waals surface area contributed by atoms with Crippen LogP contribution in [0.15, 0.2) is 24.5 Å². The summed E-state index contributed by atoms with van der Waals surface area (Å²) >= 11 is 0. The SMILES string of the molecule is Cc1cc(C2CCCC2)ccc1-c1ncn[nH]1. The second-order valence-corrected chi connectivity index (χ2v) is 4.89. The Morgan fingerprint density at radius 1 is 1.24 bits per heavy atom. The molecule has 17 heavy (non-hydrogen) atoms. The Labute approximate surface area is 101 Å². The van der Waals surface area contributed by atoms with Crippen LogP contribution in [0.5, 0.6) is 0 Å². The minimum Gasteiger partial charge on any atom is -0.259 e.